The summed E-state index contributed by atoms with van der Waals surface area (Å²) in [4.78, 5) is 52.3. The van der Waals surface area contributed by atoms with Gasteiger partial charge in [0.2, 0.25) is 17.7 Å². The summed E-state index contributed by atoms with van der Waals surface area (Å²) in [6, 6.07) is -1.43. The number of hydrogen-bond donors (Lipinski definition) is 3. The molecule has 12 heteroatoms. The summed E-state index contributed by atoms with van der Waals surface area (Å²) in [7, 11) is 0. The first kappa shape index (κ1) is 27.2. The van der Waals surface area contributed by atoms with Gasteiger partial charge in [-0.05, 0) is 48.3 Å². The molecule has 0 aromatic carbocycles. The molecule has 4 amide bonds. The third-order valence-corrected chi connectivity index (χ3v) is 8.65. The van der Waals surface area contributed by atoms with Gasteiger partial charge in [-0.1, -0.05) is 34.6 Å². The van der Waals surface area contributed by atoms with Crippen molar-refractivity contribution >= 4 is 23.6 Å². The van der Waals surface area contributed by atoms with Gasteiger partial charge in [0.05, 0.1) is 6.07 Å². The maximum Gasteiger partial charge on any atom is 0.471 e. The second-order valence-electron chi connectivity index (χ2n) is 12.8. The van der Waals surface area contributed by atoms with E-state index < -0.39 is 53.4 Å². The van der Waals surface area contributed by atoms with E-state index >= 15 is 0 Å². The van der Waals surface area contributed by atoms with Crippen LogP contribution in [-0.2, 0) is 19.2 Å². The molecule has 0 radical (unpaired) electrons. The average molecular weight is 526 g/mol. The molecule has 9 nitrogen and oxygen atoms in total. The van der Waals surface area contributed by atoms with Gasteiger partial charge >= 0.3 is 12.1 Å². The SMILES string of the molecule is CC(C)(C)C(NC(=O)C(F)(F)F)C(=O)N1C[C@H]2[C@@H]([C@H]1C(=O)N[C@H](C#N)CC1CC3(CC3)NC1=O)C2(C)C. The van der Waals surface area contributed by atoms with Gasteiger partial charge in [0.1, 0.15) is 18.1 Å². The number of carbonyl (C=O) groups excluding carboxylic acids is 4. The van der Waals surface area contributed by atoms with Gasteiger partial charge in [-0.2, -0.15) is 18.4 Å². The van der Waals surface area contributed by atoms with Gasteiger partial charge in [0.15, 0.2) is 0 Å². The van der Waals surface area contributed by atoms with E-state index in [0.29, 0.717) is 6.42 Å². The van der Waals surface area contributed by atoms with Gasteiger partial charge in [-0.3, -0.25) is 19.2 Å². The van der Waals surface area contributed by atoms with E-state index in [1.165, 1.54) is 25.7 Å². The Morgan fingerprint density at radius 1 is 1.19 bits per heavy atom. The highest BCUT2D eigenvalue weighted by Crippen LogP contribution is 2.65. The van der Waals surface area contributed by atoms with Crippen LogP contribution < -0.4 is 16.0 Å². The number of halogens is 3. The summed E-state index contributed by atoms with van der Waals surface area (Å²) < 4.78 is 38.9. The maximum atomic E-state index is 13.5. The van der Waals surface area contributed by atoms with E-state index in [4.69, 9.17) is 0 Å². The van der Waals surface area contributed by atoms with Crippen LogP contribution in [0.1, 0.15) is 60.3 Å². The third-order valence-electron chi connectivity index (χ3n) is 8.65. The number of carbonyl (C=O) groups is 4. The fraction of sp³-hybridized carbons (Fsp3) is 0.800. The molecule has 0 aromatic rings. The van der Waals surface area contributed by atoms with Crippen molar-refractivity contribution in [2.24, 2.45) is 28.6 Å². The van der Waals surface area contributed by atoms with Gasteiger partial charge in [-0.25, -0.2) is 0 Å². The third kappa shape index (κ3) is 5.01. The van der Waals surface area contributed by atoms with Crippen LogP contribution in [0.2, 0.25) is 0 Å². The Labute approximate surface area is 213 Å². The Morgan fingerprint density at radius 3 is 2.30 bits per heavy atom. The molecular weight excluding hydrogens is 491 g/mol. The van der Waals surface area contributed by atoms with Crippen LogP contribution in [0.15, 0.2) is 0 Å². The molecule has 3 N–H and O–H groups in total. The smallest absolute Gasteiger partial charge is 0.350 e. The number of piperidine rings is 1. The highest BCUT2D eigenvalue weighted by Gasteiger charge is 2.70. The highest BCUT2D eigenvalue weighted by molar-refractivity contribution is 5.95. The van der Waals surface area contributed by atoms with Crippen molar-refractivity contribution in [3.05, 3.63) is 0 Å². The first-order valence-electron chi connectivity index (χ1n) is 12.6. The van der Waals surface area contributed by atoms with E-state index in [1.807, 2.05) is 25.2 Å². The number of nitriles is 1. The molecule has 4 rings (SSSR count). The number of nitrogens with one attached hydrogen (secondary N) is 3. The lowest BCUT2D eigenvalue weighted by Gasteiger charge is -2.37. The number of likely N-dealkylation sites (tertiary alicyclic amines) is 1. The summed E-state index contributed by atoms with van der Waals surface area (Å²) in [5, 5.41) is 17.2. The van der Waals surface area contributed by atoms with Crippen molar-refractivity contribution in [1.82, 2.24) is 20.9 Å². The normalized spacial score (nSPS) is 30.6. The van der Waals surface area contributed by atoms with Crippen molar-refractivity contribution in [3.8, 4) is 6.07 Å². The fourth-order valence-electron chi connectivity index (χ4n) is 6.18. The van der Waals surface area contributed by atoms with E-state index in [9.17, 15) is 37.6 Å². The van der Waals surface area contributed by atoms with Crippen LogP contribution in [0.25, 0.3) is 0 Å². The number of hydrogen-bond acceptors (Lipinski definition) is 5. The topological polar surface area (TPSA) is 131 Å². The standard InChI is InChI=1S/C25H34F3N5O4/c1-22(2,3)17(31-21(37)25(26,27)28)20(36)33-11-14-15(23(14,4)5)16(33)19(35)30-13(10-29)8-12-9-24(6-7-24)32-18(12)34/h12-17H,6-9,11H2,1-5H3,(H,30,35)(H,31,37)(H,32,34)/t12?,13-,14-,15-,16-,17?/m0/s1. The van der Waals surface area contributed by atoms with E-state index in [0.717, 1.165) is 12.8 Å². The lowest BCUT2D eigenvalue weighted by molar-refractivity contribution is -0.176. The number of rotatable bonds is 6. The first-order chi connectivity index (χ1) is 16.9. The zero-order valence-corrected chi connectivity index (χ0v) is 21.7. The molecule has 2 heterocycles. The number of alkyl halides is 3. The number of nitrogens with zero attached hydrogens (tertiary/aromatic N) is 2. The van der Waals surface area contributed by atoms with Gasteiger partial charge in [0, 0.05) is 18.0 Å². The Hall–Kier alpha value is -2.84. The van der Waals surface area contributed by atoms with Crippen LogP contribution in [0.3, 0.4) is 0 Å². The lowest BCUT2D eigenvalue weighted by Crippen LogP contribution is -2.61. The molecule has 0 bridgehead atoms. The molecule has 6 atom stereocenters. The van der Waals surface area contributed by atoms with Crippen molar-refractivity contribution < 1.29 is 32.3 Å². The van der Waals surface area contributed by atoms with Crippen LogP contribution in [0, 0.1) is 39.9 Å². The predicted octanol–water partition coefficient (Wildman–Crippen LogP) is 1.63. The van der Waals surface area contributed by atoms with Crippen LogP contribution in [0.4, 0.5) is 13.2 Å². The minimum absolute atomic E-state index is 0.0398. The quantitative estimate of drug-likeness (QED) is 0.485. The van der Waals surface area contributed by atoms with Crippen LogP contribution in [-0.4, -0.2) is 64.9 Å². The Morgan fingerprint density at radius 2 is 1.81 bits per heavy atom. The average Bonchev–Trinajstić information content (AvgIpc) is 3.48. The first-order valence-corrected chi connectivity index (χ1v) is 12.6. The van der Waals surface area contributed by atoms with E-state index in [-0.39, 0.29) is 41.7 Å². The maximum absolute atomic E-state index is 13.5. The summed E-state index contributed by atoms with van der Waals surface area (Å²) in [6.07, 6.45) is -2.62. The zero-order valence-electron chi connectivity index (χ0n) is 21.7. The summed E-state index contributed by atoms with van der Waals surface area (Å²) >= 11 is 0. The van der Waals surface area contributed by atoms with Crippen LogP contribution >= 0.6 is 0 Å². The molecule has 2 aliphatic carbocycles. The molecule has 2 saturated carbocycles. The molecule has 204 valence electrons. The van der Waals surface area contributed by atoms with Crippen LogP contribution in [0.5, 0.6) is 0 Å². The Balaban J connectivity index is 1.51. The van der Waals surface area contributed by atoms with E-state index in [2.05, 4.69) is 10.6 Å². The van der Waals surface area contributed by atoms with E-state index in [1.54, 1.807) is 0 Å². The molecule has 4 aliphatic rings. The summed E-state index contributed by atoms with van der Waals surface area (Å²) in [5.74, 6) is -4.39. The molecule has 0 aromatic heterocycles. The van der Waals surface area contributed by atoms with Gasteiger partial charge < -0.3 is 20.9 Å². The van der Waals surface area contributed by atoms with Crippen molar-refractivity contribution in [3.63, 3.8) is 0 Å². The molecule has 1 spiro atoms. The zero-order chi connectivity index (χ0) is 27.7. The number of fused-ring (bicyclic) bond motifs is 1. The molecule has 4 fully saturated rings. The summed E-state index contributed by atoms with van der Waals surface area (Å²) in [6.45, 7) is 8.68. The second kappa shape index (κ2) is 8.60. The minimum Gasteiger partial charge on any atom is -0.350 e. The summed E-state index contributed by atoms with van der Waals surface area (Å²) in [5.41, 5.74) is -1.50. The second-order valence-corrected chi connectivity index (χ2v) is 12.8. The number of amides is 4. The van der Waals surface area contributed by atoms with Gasteiger partial charge in [-0.15, -0.1) is 0 Å². The fourth-order valence-corrected chi connectivity index (χ4v) is 6.18. The molecular formula is C25H34F3N5O4. The van der Waals surface area contributed by atoms with Crippen molar-refractivity contribution in [1.29, 1.82) is 5.26 Å². The molecule has 2 saturated heterocycles. The molecule has 2 unspecified atom stereocenters. The van der Waals surface area contributed by atoms with Crippen molar-refractivity contribution in [2.75, 3.05) is 6.54 Å². The van der Waals surface area contributed by atoms with Crippen molar-refractivity contribution in [2.45, 2.75) is 90.1 Å². The molecule has 37 heavy (non-hydrogen) atoms. The largest absolute Gasteiger partial charge is 0.471 e. The highest BCUT2D eigenvalue weighted by atomic mass is 19.4. The Bertz CT molecular complexity index is 1060. The Kier molecular flexibility index (Phi) is 6.32. The molecule has 2 aliphatic heterocycles. The monoisotopic (exact) mass is 525 g/mol. The lowest BCUT2D eigenvalue weighted by atomic mass is 9.85. The minimum atomic E-state index is -5.17. The van der Waals surface area contributed by atoms with Gasteiger partial charge in [0.25, 0.3) is 0 Å². The predicted molar refractivity (Wildman–Crippen MR) is 124 cm³/mol.